The van der Waals surface area contributed by atoms with Gasteiger partial charge < -0.3 is 15.2 Å². The van der Waals surface area contributed by atoms with E-state index in [0.29, 0.717) is 41.1 Å². The van der Waals surface area contributed by atoms with E-state index in [9.17, 15) is 0 Å². The Morgan fingerprint density at radius 2 is 1.86 bits per heavy atom. The lowest BCUT2D eigenvalue weighted by atomic mass is 10.1. The van der Waals surface area contributed by atoms with Crippen molar-refractivity contribution in [3.63, 3.8) is 0 Å². The molecule has 0 aromatic heterocycles. The maximum atomic E-state index is 6.14. The molecule has 0 unspecified atom stereocenters. The molecule has 0 spiro atoms. The predicted octanol–water partition coefficient (Wildman–Crippen LogP) is 4.08. The third-order valence-electron chi connectivity index (χ3n) is 3.06. The van der Waals surface area contributed by atoms with Gasteiger partial charge in [0.15, 0.2) is 11.5 Å². The Morgan fingerprint density at radius 3 is 2.52 bits per heavy atom. The molecule has 0 saturated carbocycles. The molecule has 21 heavy (non-hydrogen) atoms. The summed E-state index contributed by atoms with van der Waals surface area (Å²) >= 11 is 12.2. The van der Waals surface area contributed by atoms with Crippen LogP contribution in [-0.2, 0) is 13.0 Å². The molecule has 0 aliphatic heterocycles. The fourth-order valence-corrected chi connectivity index (χ4v) is 2.47. The van der Waals surface area contributed by atoms with Gasteiger partial charge in [-0.25, -0.2) is 0 Å². The molecule has 3 nitrogen and oxygen atoms in total. The van der Waals surface area contributed by atoms with Gasteiger partial charge in [-0.1, -0.05) is 41.4 Å². The van der Waals surface area contributed by atoms with E-state index in [-0.39, 0.29) is 0 Å². The first-order chi connectivity index (χ1) is 10.2. The van der Waals surface area contributed by atoms with Crippen LogP contribution in [0.25, 0.3) is 0 Å². The highest BCUT2D eigenvalue weighted by molar-refractivity contribution is 6.31. The number of hydrogen-bond donors (Lipinski definition) is 1. The van der Waals surface area contributed by atoms with Crippen molar-refractivity contribution < 1.29 is 9.47 Å². The summed E-state index contributed by atoms with van der Waals surface area (Å²) in [5, 5.41) is 1.27. The summed E-state index contributed by atoms with van der Waals surface area (Å²) in [6.45, 7) is 0.862. The predicted molar refractivity (Wildman–Crippen MR) is 86.5 cm³/mol. The van der Waals surface area contributed by atoms with Crippen molar-refractivity contribution in [2.45, 2.75) is 13.0 Å². The lowest BCUT2D eigenvalue weighted by Gasteiger charge is -2.16. The molecule has 2 N–H and O–H groups in total. The molecule has 112 valence electrons. The minimum Gasteiger partial charge on any atom is -0.493 e. The highest BCUT2D eigenvalue weighted by atomic mass is 35.5. The summed E-state index contributed by atoms with van der Waals surface area (Å²) in [5.41, 5.74) is 7.48. The Morgan fingerprint density at radius 1 is 1.10 bits per heavy atom. The van der Waals surface area contributed by atoms with Crippen LogP contribution in [0.1, 0.15) is 11.1 Å². The zero-order chi connectivity index (χ0) is 15.2. The van der Waals surface area contributed by atoms with Crippen LogP contribution in [0.15, 0.2) is 36.4 Å². The summed E-state index contributed by atoms with van der Waals surface area (Å²) in [6.07, 6.45) is 0.661. The molecule has 0 fully saturated rings. The molecule has 2 aromatic rings. The van der Waals surface area contributed by atoms with Crippen molar-refractivity contribution in [1.82, 2.24) is 0 Å². The molecule has 0 bridgehead atoms. The van der Waals surface area contributed by atoms with E-state index in [1.807, 2.05) is 30.3 Å². The standard InChI is InChI=1S/C16H17Cl2NO2/c1-20-15-9-13(17)8-11(6-7-19)16(15)21-10-12-4-2-3-5-14(12)18/h2-5,8-9H,6-7,10,19H2,1H3. The van der Waals surface area contributed by atoms with Gasteiger partial charge in [0.1, 0.15) is 6.61 Å². The Balaban J connectivity index is 2.27. The maximum Gasteiger partial charge on any atom is 0.165 e. The normalized spacial score (nSPS) is 10.5. The van der Waals surface area contributed by atoms with Crippen LogP contribution in [0, 0.1) is 0 Å². The summed E-state index contributed by atoms with van der Waals surface area (Å²) in [6, 6.07) is 11.1. The molecule has 2 aromatic carbocycles. The number of rotatable bonds is 6. The van der Waals surface area contributed by atoms with Gasteiger partial charge in [0.25, 0.3) is 0 Å². The molecule has 0 atom stereocenters. The second-order valence-corrected chi connectivity index (χ2v) is 5.36. The molecule has 2 rings (SSSR count). The molecule has 5 heteroatoms. The van der Waals surface area contributed by atoms with Crippen LogP contribution in [0.5, 0.6) is 11.5 Å². The Kier molecular flexibility index (Phi) is 5.74. The van der Waals surface area contributed by atoms with Crippen LogP contribution in [0.2, 0.25) is 10.0 Å². The quantitative estimate of drug-likeness (QED) is 0.870. The smallest absolute Gasteiger partial charge is 0.165 e. The SMILES string of the molecule is COc1cc(Cl)cc(CCN)c1OCc1ccccc1Cl. The molecule has 0 amide bonds. The van der Waals surface area contributed by atoms with Crippen molar-refractivity contribution in [2.24, 2.45) is 5.73 Å². The van der Waals surface area contributed by atoms with Gasteiger partial charge in [0.05, 0.1) is 7.11 Å². The fourth-order valence-electron chi connectivity index (χ4n) is 2.04. The van der Waals surface area contributed by atoms with Crippen molar-refractivity contribution in [1.29, 1.82) is 0 Å². The lowest BCUT2D eigenvalue weighted by molar-refractivity contribution is 0.281. The Bertz CT molecular complexity index is 617. The first-order valence-corrected chi connectivity index (χ1v) is 7.34. The third-order valence-corrected chi connectivity index (χ3v) is 3.65. The van der Waals surface area contributed by atoms with Crippen molar-refractivity contribution in [2.75, 3.05) is 13.7 Å². The number of hydrogen-bond acceptors (Lipinski definition) is 3. The maximum absolute atomic E-state index is 6.14. The molecule has 0 heterocycles. The number of halogens is 2. The van der Waals surface area contributed by atoms with E-state index in [1.54, 1.807) is 13.2 Å². The van der Waals surface area contributed by atoms with Gasteiger partial charge >= 0.3 is 0 Å². The largest absolute Gasteiger partial charge is 0.493 e. The minimum atomic E-state index is 0.356. The minimum absolute atomic E-state index is 0.356. The molecular formula is C16H17Cl2NO2. The van der Waals surface area contributed by atoms with Crippen molar-refractivity contribution in [3.8, 4) is 11.5 Å². The van der Waals surface area contributed by atoms with E-state index in [0.717, 1.165) is 11.1 Å². The van der Waals surface area contributed by atoms with E-state index in [2.05, 4.69) is 0 Å². The summed E-state index contributed by atoms with van der Waals surface area (Å²) in [4.78, 5) is 0. The second kappa shape index (κ2) is 7.55. The summed E-state index contributed by atoms with van der Waals surface area (Å²) < 4.78 is 11.3. The molecule has 0 aliphatic carbocycles. The van der Waals surface area contributed by atoms with Crippen LogP contribution < -0.4 is 15.2 Å². The zero-order valence-electron chi connectivity index (χ0n) is 11.7. The van der Waals surface area contributed by atoms with E-state index >= 15 is 0 Å². The van der Waals surface area contributed by atoms with E-state index in [4.69, 9.17) is 38.4 Å². The highest BCUT2D eigenvalue weighted by Gasteiger charge is 2.13. The molecule has 0 radical (unpaired) electrons. The number of methoxy groups -OCH3 is 1. The average molecular weight is 326 g/mol. The van der Waals surface area contributed by atoms with Crippen molar-refractivity contribution in [3.05, 3.63) is 57.6 Å². The summed E-state index contributed by atoms with van der Waals surface area (Å²) in [5.74, 6) is 1.25. The zero-order valence-corrected chi connectivity index (χ0v) is 13.2. The third kappa shape index (κ3) is 4.03. The van der Waals surface area contributed by atoms with Gasteiger partial charge in [0, 0.05) is 27.2 Å². The topological polar surface area (TPSA) is 44.5 Å². The highest BCUT2D eigenvalue weighted by Crippen LogP contribution is 2.35. The van der Waals surface area contributed by atoms with Gasteiger partial charge in [-0.2, -0.15) is 0 Å². The number of ether oxygens (including phenoxy) is 2. The van der Waals surface area contributed by atoms with Gasteiger partial charge in [-0.3, -0.25) is 0 Å². The first-order valence-electron chi connectivity index (χ1n) is 6.58. The average Bonchev–Trinajstić information content (AvgIpc) is 2.47. The first kappa shape index (κ1) is 16.0. The van der Waals surface area contributed by atoms with Gasteiger partial charge in [-0.15, -0.1) is 0 Å². The van der Waals surface area contributed by atoms with Crippen LogP contribution in [-0.4, -0.2) is 13.7 Å². The van der Waals surface area contributed by atoms with Crippen LogP contribution in [0.3, 0.4) is 0 Å². The molecular weight excluding hydrogens is 309 g/mol. The van der Waals surface area contributed by atoms with Gasteiger partial charge in [0.2, 0.25) is 0 Å². The molecule has 0 aliphatic rings. The van der Waals surface area contributed by atoms with Crippen LogP contribution >= 0.6 is 23.2 Å². The monoisotopic (exact) mass is 325 g/mol. The van der Waals surface area contributed by atoms with Crippen molar-refractivity contribution >= 4 is 23.2 Å². The Labute approximate surface area is 134 Å². The fraction of sp³-hybridized carbons (Fsp3) is 0.250. The lowest BCUT2D eigenvalue weighted by Crippen LogP contribution is -2.07. The van der Waals surface area contributed by atoms with E-state index in [1.165, 1.54) is 0 Å². The van der Waals surface area contributed by atoms with Gasteiger partial charge in [-0.05, 0) is 25.1 Å². The molecule has 0 saturated heterocycles. The van der Waals surface area contributed by atoms with Crippen LogP contribution in [0.4, 0.5) is 0 Å². The second-order valence-electron chi connectivity index (χ2n) is 4.52. The number of nitrogens with two attached hydrogens (primary N) is 1. The Hall–Kier alpha value is -1.42. The van der Waals surface area contributed by atoms with E-state index < -0.39 is 0 Å². The summed E-state index contributed by atoms with van der Waals surface area (Å²) in [7, 11) is 1.58. The number of benzene rings is 2.